The van der Waals surface area contributed by atoms with Gasteiger partial charge in [-0.1, -0.05) is 31.2 Å². The van der Waals surface area contributed by atoms with Crippen LogP contribution in [0.15, 0.2) is 59.5 Å². The van der Waals surface area contributed by atoms with E-state index >= 15 is 0 Å². The van der Waals surface area contributed by atoms with Crippen LogP contribution in [0.3, 0.4) is 0 Å². The Morgan fingerprint density at radius 2 is 1.64 bits per heavy atom. The van der Waals surface area contributed by atoms with E-state index in [1.54, 1.807) is 30.3 Å². The number of nitrogens with zero attached hydrogens (tertiary/aromatic N) is 1. The highest BCUT2D eigenvalue weighted by Crippen LogP contribution is 2.42. The summed E-state index contributed by atoms with van der Waals surface area (Å²) in [5, 5.41) is 0. The fourth-order valence-electron chi connectivity index (χ4n) is 4.08. The normalized spacial score (nSPS) is 24.9. The molecule has 3 atom stereocenters. The zero-order valence-electron chi connectivity index (χ0n) is 15.4. The van der Waals surface area contributed by atoms with E-state index in [2.05, 4.69) is 6.92 Å². The molecule has 2 amide bonds. The van der Waals surface area contributed by atoms with Crippen molar-refractivity contribution in [3.63, 3.8) is 0 Å². The first-order valence-electron chi connectivity index (χ1n) is 9.34. The van der Waals surface area contributed by atoms with Crippen molar-refractivity contribution in [2.75, 3.05) is 4.90 Å². The smallest absolute Gasteiger partial charge is 0.339 e. The standard InChI is InChI=1S/C21H21NO5S/c1-14-10-11-18-19(12-14)21(24)22(20(18)23)15-6-5-7-16(13-15)27-28(25,26)17-8-3-2-4-9-17/h2-9,13-14,18-19H,10-12H2,1H3/t14-,18-,19+/m1/s1. The van der Waals surface area contributed by atoms with Gasteiger partial charge in [-0.05, 0) is 49.4 Å². The van der Waals surface area contributed by atoms with Crippen LogP contribution in [0.5, 0.6) is 5.75 Å². The van der Waals surface area contributed by atoms with E-state index in [-0.39, 0.29) is 34.3 Å². The van der Waals surface area contributed by atoms with Crippen LogP contribution in [0.2, 0.25) is 0 Å². The van der Waals surface area contributed by atoms with Crippen molar-refractivity contribution in [2.24, 2.45) is 17.8 Å². The summed E-state index contributed by atoms with van der Waals surface area (Å²) in [5.41, 5.74) is 0.345. The maximum Gasteiger partial charge on any atom is 0.339 e. The molecule has 2 aromatic rings. The number of fused-ring (bicyclic) bond motifs is 1. The Kier molecular flexibility index (Phi) is 4.71. The van der Waals surface area contributed by atoms with Crippen molar-refractivity contribution in [1.82, 2.24) is 0 Å². The molecule has 2 aromatic carbocycles. The van der Waals surface area contributed by atoms with Crippen LogP contribution in [0.25, 0.3) is 0 Å². The molecule has 1 aliphatic carbocycles. The van der Waals surface area contributed by atoms with Gasteiger partial charge in [-0.3, -0.25) is 9.59 Å². The lowest BCUT2D eigenvalue weighted by molar-refractivity contribution is -0.122. The van der Waals surface area contributed by atoms with Gasteiger partial charge in [-0.25, -0.2) is 4.90 Å². The molecule has 2 aliphatic rings. The summed E-state index contributed by atoms with van der Waals surface area (Å²) in [5.74, 6) is -0.487. The van der Waals surface area contributed by atoms with E-state index in [0.717, 1.165) is 6.42 Å². The van der Waals surface area contributed by atoms with Gasteiger partial charge in [-0.2, -0.15) is 8.42 Å². The van der Waals surface area contributed by atoms with Gasteiger partial charge in [-0.15, -0.1) is 0 Å². The zero-order valence-corrected chi connectivity index (χ0v) is 16.3. The molecule has 28 heavy (non-hydrogen) atoms. The molecule has 2 fully saturated rings. The van der Waals surface area contributed by atoms with Gasteiger partial charge < -0.3 is 4.18 Å². The molecule has 146 valence electrons. The van der Waals surface area contributed by atoms with E-state index in [1.807, 2.05) is 0 Å². The molecular weight excluding hydrogens is 378 g/mol. The number of benzene rings is 2. The summed E-state index contributed by atoms with van der Waals surface area (Å²) in [6, 6.07) is 13.9. The van der Waals surface area contributed by atoms with E-state index in [9.17, 15) is 18.0 Å². The third-order valence-electron chi connectivity index (χ3n) is 5.50. The number of hydrogen-bond donors (Lipinski definition) is 0. The lowest BCUT2D eigenvalue weighted by Gasteiger charge is -2.25. The quantitative estimate of drug-likeness (QED) is 0.582. The van der Waals surface area contributed by atoms with Gasteiger partial charge in [0.25, 0.3) is 0 Å². The Labute approximate surface area is 164 Å². The SMILES string of the molecule is C[C@@H]1CC[C@H]2C(=O)N(c3cccc(OS(=O)(=O)c4ccccc4)c3)C(=O)[C@H]2C1. The molecule has 1 saturated carbocycles. The van der Waals surface area contributed by atoms with E-state index in [0.29, 0.717) is 24.4 Å². The van der Waals surface area contributed by atoms with Gasteiger partial charge >= 0.3 is 10.1 Å². The maximum absolute atomic E-state index is 12.9. The van der Waals surface area contributed by atoms with Crippen LogP contribution >= 0.6 is 0 Å². The van der Waals surface area contributed by atoms with Crippen molar-refractivity contribution in [2.45, 2.75) is 31.1 Å². The Bertz CT molecular complexity index is 1020. The number of imide groups is 1. The Balaban J connectivity index is 1.61. The highest BCUT2D eigenvalue weighted by atomic mass is 32.2. The maximum atomic E-state index is 12.9. The molecule has 1 saturated heterocycles. The van der Waals surface area contributed by atoms with Crippen LogP contribution in [0.4, 0.5) is 5.69 Å². The van der Waals surface area contributed by atoms with Crippen molar-refractivity contribution >= 4 is 27.6 Å². The van der Waals surface area contributed by atoms with Crippen molar-refractivity contribution in [3.8, 4) is 5.75 Å². The first-order chi connectivity index (χ1) is 13.4. The largest absolute Gasteiger partial charge is 0.379 e. The summed E-state index contributed by atoms with van der Waals surface area (Å²) in [6.07, 6.45) is 2.36. The summed E-state index contributed by atoms with van der Waals surface area (Å²) in [7, 11) is -4.00. The highest BCUT2D eigenvalue weighted by molar-refractivity contribution is 7.87. The van der Waals surface area contributed by atoms with Crippen molar-refractivity contribution in [3.05, 3.63) is 54.6 Å². The molecule has 0 N–H and O–H groups in total. The van der Waals surface area contributed by atoms with Crippen molar-refractivity contribution in [1.29, 1.82) is 0 Å². The number of rotatable bonds is 4. The number of carbonyl (C=O) groups is 2. The number of hydrogen-bond acceptors (Lipinski definition) is 5. The third-order valence-corrected chi connectivity index (χ3v) is 6.76. The minimum atomic E-state index is -4.00. The lowest BCUT2D eigenvalue weighted by atomic mass is 9.76. The third kappa shape index (κ3) is 3.30. The van der Waals surface area contributed by atoms with Gasteiger partial charge in [0.15, 0.2) is 0 Å². The van der Waals surface area contributed by atoms with Gasteiger partial charge in [0, 0.05) is 6.07 Å². The number of anilines is 1. The average molecular weight is 399 g/mol. The molecule has 0 spiro atoms. The highest BCUT2D eigenvalue weighted by Gasteiger charge is 2.50. The molecule has 4 rings (SSSR count). The molecular formula is C21H21NO5S. The molecule has 0 unspecified atom stereocenters. The second kappa shape index (κ2) is 7.05. The first kappa shape index (κ1) is 18.7. The topological polar surface area (TPSA) is 80.8 Å². The predicted octanol–water partition coefficient (Wildman–Crippen LogP) is 3.38. The van der Waals surface area contributed by atoms with E-state index < -0.39 is 10.1 Å². The van der Waals surface area contributed by atoms with Gasteiger partial charge in [0.1, 0.15) is 10.6 Å². The van der Waals surface area contributed by atoms with Gasteiger partial charge in [0.05, 0.1) is 17.5 Å². The molecule has 0 radical (unpaired) electrons. The first-order valence-corrected chi connectivity index (χ1v) is 10.7. The minimum Gasteiger partial charge on any atom is -0.379 e. The second-order valence-electron chi connectivity index (χ2n) is 7.49. The van der Waals surface area contributed by atoms with Gasteiger partial charge in [0.2, 0.25) is 11.8 Å². The van der Waals surface area contributed by atoms with Crippen LogP contribution < -0.4 is 9.08 Å². The van der Waals surface area contributed by atoms with Crippen molar-refractivity contribution < 1.29 is 22.2 Å². The summed E-state index contributed by atoms with van der Waals surface area (Å²) in [6.45, 7) is 2.10. The molecule has 0 aromatic heterocycles. The number of amides is 2. The summed E-state index contributed by atoms with van der Waals surface area (Å²) >= 11 is 0. The molecule has 0 bridgehead atoms. The minimum absolute atomic E-state index is 0.0359. The molecule has 1 aliphatic heterocycles. The Hall–Kier alpha value is -2.67. The predicted molar refractivity (Wildman–Crippen MR) is 103 cm³/mol. The van der Waals surface area contributed by atoms with E-state index in [4.69, 9.17) is 4.18 Å². The Morgan fingerprint density at radius 3 is 2.39 bits per heavy atom. The zero-order chi connectivity index (χ0) is 19.9. The fraction of sp³-hybridized carbons (Fsp3) is 0.333. The second-order valence-corrected chi connectivity index (χ2v) is 9.04. The average Bonchev–Trinajstić information content (AvgIpc) is 2.92. The van der Waals surface area contributed by atoms with Crippen LogP contribution in [-0.4, -0.2) is 20.2 Å². The monoisotopic (exact) mass is 399 g/mol. The Morgan fingerprint density at radius 1 is 0.929 bits per heavy atom. The lowest BCUT2D eigenvalue weighted by Crippen LogP contribution is -2.30. The molecule has 1 heterocycles. The summed E-state index contributed by atoms with van der Waals surface area (Å²) < 4.78 is 30.1. The fourth-order valence-corrected chi connectivity index (χ4v) is 5.02. The van der Waals surface area contributed by atoms with Crippen LogP contribution in [-0.2, 0) is 19.7 Å². The molecule has 6 nitrogen and oxygen atoms in total. The van der Waals surface area contributed by atoms with E-state index in [1.165, 1.54) is 29.2 Å². The number of carbonyl (C=O) groups excluding carboxylic acids is 2. The van der Waals surface area contributed by atoms with Crippen LogP contribution in [0.1, 0.15) is 26.2 Å². The summed E-state index contributed by atoms with van der Waals surface area (Å²) in [4.78, 5) is 26.9. The molecule has 7 heteroatoms. The van der Waals surface area contributed by atoms with Crippen LogP contribution in [0, 0.1) is 17.8 Å².